The lowest BCUT2D eigenvalue weighted by Gasteiger charge is -2.25. The Balaban J connectivity index is 2.05. The van der Waals surface area contributed by atoms with Crippen LogP contribution in [-0.2, 0) is 6.54 Å². The van der Waals surface area contributed by atoms with Crippen LogP contribution >= 0.6 is 0 Å². The molecule has 118 valence electrons. The van der Waals surface area contributed by atoms with Crippen LogP contribution in [0.1, 0.15) is 58.4 Å². The van der Waals surface area contributed by atoms with Gasteiger partial charge in [-0.05, 0) is 46.1 Å². The predicted molar refractivity (Wildman–Crippen MR) is 86.5 cm³/mol. The van der Waals surface area contributed by atoms with E-state index < -0.39 is 0 Å². The van der Waals surface area contributed by atoms with E-state index in [-0.39, 0.29) is 17.7 Å². The van der Waals surface area contributed by atoms with Gasteiger partial charge in [0.05, 0.1) is 6.10 Å². The molecule has 1 aliphatic carbocycles. The molecule has 1 aromatic carbocycles. The van der Waals surface area contributed by atoms with Crippen molar-refractivity contribution in [3.8, 4) is 5.75 Å². The van der Waals surface area contributed by atoms with Crippen LogP contribution in [0.3, 0.4) is 0 Å². The van der Waals surface area contributed by atoms with Crippen molar-refractivity contribution in [1.29, 1.82) is 0 Å². The number of ether oxygens (including phenoxy) is 1. The minimum atomic E-state index is -0.337. The molecule has 3 heteroatoms. The molecule has 1 aliphatic rings. The summed E-state index contributed by atoms with van der Waals surface area (Å²) in [6.07, 6.45) is 4.84. The van der Waals surface area contributed by atoms with Gasteiger partial charge in [-0.3, -0.25) is 0 Å². The molecular formula is C18H29NO2. The highest BCUT2D eigenvalue weighted by Gasteiger charge is 2.24. The average Bonchev–Trinajstić information content (AvgIpc) is 2.62. The van der Waals surface area contributed by atoms with Gasteiger partial charge in [0.1, 0.15) is 11.9 Å². The van der Waals surface area contributed by atoms with Crippen LogP contribution in [0.25, 0.3) is 0 Å². The fourth-order valence-corrected chi connectivity index (χ4v) is 2.68. The Morgan fingerprint density at radius 3 is 2.62 bits per heavy atom. The SMILES string of the molecule is CC(C)(C)NCc1ccccc1OC1CCCCCC1O. The number of rotatable bonds is 4. The van der Waals surface area contributed by atoms with Crippen molar-refractivity contribution in [3.63, 3.8) is 0 Å². The lowest BCUT2D eigenvalue weighted by Crippen LogP contribution is -2.35. The second-order valence-corrected chi connectivity index (χ2v) is 7.07. The summed E-state index contributed by atoms with van der Waals surface area (Å²) in [5.74, 6) is 0.903. The first-order chi connectivity index (χ1) is 9.96. The summed E-state index contributed by atoms with van der Waals surface area (Å²) in [4.78, 5) is 0. The van der Waals surface area contributed by atoms with Crippen LogP contribution in [-0.4, -0.2) is 22.9 Å². The van der Waals surface area contributed by atoms with Crippen LogP contribution in [0.2, 0.25) is 0 Å². The smallest absolute Gasteiger partial charge is 0.124 e. The molecule has 0 amide bonds. The summed E-state index contributed by atoms with van der Waals surface area (Å²) in [6, 6.07) is 8.14. The van der Waals surface area contributed by atoms with E-state index in [1.165, 1.54) is 6.42 Å². The normalized spacial score (nSPS) is 23.6. The van der Waals surface area contributed by atoms with E-state index in [0.717, 1.165) is 43.5 Å². The highest BCUT2D eigenvalue weighted by atomic mass is 16.5. The highest BCUT2D eigenvalue weighted by molar-refractivity contribution is 5.33. The summed E-state index contributed by atoms with van der Waals surface area (Å²) < 4.78 is 6.15. The van der Waals surface area contributed by atoms with E-state index in [2.05, 4.69) is 32.2 Å². The van der Waals surface area contributed by atoms with Crippen molar-refractivity contribution in [2.45, 2.75) is 77.2 Å². The maximum atomic E-state index is 10.2. The molecule has 2 N–H and O–H groups in total. The minimum Gasteiger partial charge on any atom is -0.487 e. The largest absolute Gasteiger partial charge is 0.487 e. The summed E-state index contributed by atoms with van der Waals surface area (Å²) in [6.45, 7) is 7.26. The van der Waals surface area contributed by atoms with E-state index in [9.17, 15) is 5.11 Å². The van der Waals surface area contributed by atoms with Crippen LogP contribution in [0.5, 0.6) is 5.75 Å². The molecule has 2 unspecified atom stereocenters. The molecule has 0 radical (unpaired) electrons. The maximum Gasteiger partial charge on any atom is 0.124 e. The van der Waals surface area contributed by atoms with Gasteiger partial charge >= 0.3 is 0 Å². The van der Waals surface area contributed by atoms with Gasteiger partial charge < -0.3 is 15.2 Å². The number of aliphatic hydroxyl groups excluding tert-OH is 1. The molecule has 0 spiro atoms. The molecule has 1 aromatic rings. The Hall–Kier alpha value is -1.06. The van der Waals surface area contributed by atoms with Crippen molar-refractivity contribution >= 4 is 0 Å². The van der Waals surface area contributed by atoms with Crippen LogP contribution in [0, 0.1) is 0 Å². The topological polar surface area (TPSA) is 41.5 Å². The maximum absolute atomic E-state index is 10.2. The van der Waals surface area contributed by atoms with Gasteiger partial charge in [0.25, 0.3) is 0 Å². The second-order valence-electron chi connectivity index (χ2n) is 7.07. The minimum absolute atomic E-state index is 0.0664. The third kappa shape index (κ3) is 5.33. The zero-order valence-electron chi connectivity index (χ0n) is 13.6. The third-order valence-corrected chi connectivity index (χ3v) is 3.98. The Morgan fingerprint density at radius 1 is 1.14 bits per heavy atom. The van der Waals surface area contributed by atoms with Crippen molar-refractivity contribution in [2.24, 2.45) is 0 Å². The molecule has 0 bridgehead atoms. The van der Waals surface area contributed by atoms with Crippen LogP contribution in [0.15, 0.2) is 24.3 Å². The number of hydrogen-bond donors (Lipinski definition) is 2. The lowest BCUT2D eigenvalue weighted by atomic mass is 10.1. The molecule has 0 aromatic heterocycles. The van der Waals surface area contributed by atoms with E-state index >= 15 is 0 Å². The van der Waals surface area contributed by atoms with E-state index in [1.807, 2.05) is 18.2 Å². The molecule has 0 heterocycles. The van der Waals surface area contributed by atoms with Gasteiger partial charge in [0.15, 0.2) is 0 Å². The Kier molecular flexibility index (Phi) is 5.65. The van der Waals surface area contributed by atoms with Gasteiger partial charge in [-0.2, -0.15) is 0 Å². The Labute approximate surface area is 128 Å². The Bertz CT molecular complexity index is 439. The summed E-state index contributed by atoms with van der Waals surface area (Å²) in [7, 11) is 0. The molecule has 1 saturated carbocycles. The summed E-state index contributed by atoms with van der Waals surface area (Å²) >= 11 is 0. The van der Waals surface area contributed by atoms with E-state index in [4.69, 9.17) is 4.74 Å². The summed E-state index contributed by atoms with van der Waals surface area (Å²) in [5, 5.41) is 13.7. The quantitative estimate of drug-likeness (QED) is 0.832. The van der Waals surface area contributed by atoms with Gasteiger partial charge in [0.2, 0.25) is 0 Å². The van der Waals surface area contributed by atoms with Gasteiger partial charge in [-0.25, -0.2) is 0 Å². The molecule has 1 fully saturated rings. The average molecular weight is 291 g/mol. The second kappa shape index (κ2) is 7.28. The molecule has 21 heavy (non-hydrogen) atoms. The van der Waals surface area contributed by atoms with E-state index in [0.29, 0.717) is 0 Å². The van der Waals surface area contributed by atoms with Crippen LogP contribution < -0.4 is 10.1 Å². The number of para-hydroxylation sites is 1. The highest BCUT2D eigenvalue weighted by Crippen LogP contribution is 2.26. The third-order valence-electron chi connectivity index (χ3n) is 3.98. The first kappa shape index (κ1) is 16.3. The van der Waals surface area contributed by atoms with E-state index in [1.54, 1.807) is 0 Å². The molecule has 2 atom stereocenters. The standard InChI is InChI=1S/C18H29NO2/c1-18(2,3)19-13-14-9-7-8-11-16(14)21-17-12-6-4-5-10-15(17)20/h7-9,11,15,17,19-20H,4-6,10,12-13H2,1-3H3. The molecule has 2 rings (SSSR count). The first-order valence-corrected chi connectivity index (χ1v) is 8.13. The number of aliphatic hydroxyl groups is 1. The lowest BCUT2D eigenvalue weighted by molar-refractivity contribution is 0.0313. The zero-order chi connectivity index (χ0) is 15.3. The number of nitrogens with one attached hydrogen (secondary N) is 1. The van der Waals surface area contributed by atoms with Gasteiger partial charge in [-0.15, -0.1) is 0 Å². The molecule has 3 nitrogen and oxygen atoms in total. The number of hydrogen-bond acceptors (Lipinski definition) is 3. The van der Waals surface area contributed by atoms with Crippen LogP contribution in [0.4, 0.5) is 0 Å². The molecule has 0 saturated heterocycles. The molecule has 0 aliphatic heterocycles. The summed E-state index contributed by atoms with van der Waals surface area (Å²) in [5.41, 5.74) is 1.23. The monoisotopic (exact) mass is 291 g/mol. The van der Waals surface area contributed by atoms with Crippen molar-refractivity contribution in [1.82, 2.24) is 5.32 Å². The predicted octanol–water partition coefficient (Wildman–Crippen LogP) is 3.65. The van der Waals surface area contributed by atoms with Crippen molar-refractivity contribution in [2.75, 3.05) is 0 Å². The van der Waals surface area contributed by atoms with Gasteiger partial charge in [0, 0.05) is 17.6 Å². The fourth-order valence-electron chi connectivity index (χ4n) is 2.68. The van der Waals surface area contributed by atoms with Crippen molar-refractivity contribution in [3.05, 3.63) is 29.8 Å². The van der Waals surface area contributed by atoms with Gasteiger partial charge in [-0.1, -0.05) is 31.0 Å². The number of benzene rings is 1. The molecular weight excluding hydrogens is 262 g/mol. The Morgan fingerprint density at radius 2 is 1.86 bits per heavy atom. The fraction of sp³-hybridized carbons (Fsp3) is 0.667. The van der Waals surface area contributed by atoms with Crippen molar-refractivity contribution < 1.29 is 9.84 Å². The zero-order valence-corrected chi connectivity index (χ0v) is 13.6. The first-order valence-electron chi connectivity index (χ1n) is 8.13.